The first-order valence-electron chi connectivity index (χ1n) is 6.34. The smallest absolute Gasteiger partial charge is 0.325 e. The maximum absolute atomic E-state index is 11.5. The van der Waals surface area contributed by atoms with Gasteiger partial charge in [-0.1, -0.05) is 0 Å². The van der Waals surface area contributed by atoms with Crippen LogP contribution in [-0.2, 0) is 16.0 Å². The van der Waals surface area contributed by atoms with Crippen molar-refractivity contribution < 1.29 is 18.7 Å². The second-order valence-corrected chi connectivity index (χ2v) is 4.15. The van der Waals surface area contributed by atoms with Gasteiger partial charge in [0.25, 0.3) is 0 Å². The zero-order valence-corrected chi connectivity index (χ0v) is 11.3. The molecule has 2 N–H and O–H groups in total. The number of carbonyl (C=O) groups is 2. The highest BCUT2D eigenvalue weighted by molar-refractivity contribution is 5.80. The molecule has 0 saturated heterocycles. The van der Waals surface area contributed by atoms with Gasteiger partial charge in [-0.2, -0.15) is 0 Å². The maximum Gasteiger partial charge on any atom is 0.325 e. The molecule has 0 radical (unpaired) electrons. The predicted molar refractivity (Wildman–Crippen MR) is 69.7 cm³/mol. The van der Waals surface area contributed by atoms with Crippen molar-refractivity contribution in [1.29, 1.82) is 0 Å². The fourth-order valence-corrected chi connectivity index (χ4v) is 1.53. The molecule has 6 nitrogen and oxygen atoms in total. The van der Waals surface area contributed by atoms with E-state index in [2.05, 4.69) is 10.6 Å². The van der Waals surface area contributed by atoms with Gasteiger partial charge in [-0.05, 0) is 32.4 Å². The molecule has 1 unspecified atom stereocenters. The third kappa shape index (κ3) is 6.49. The molecule has 0 fully saturated rings. The molecule has 0 bridgehead atoms. The first kappa shape index (κ1) is 15.1. The topological polar surface area (TPSA) is 80.6 Å². The van der Waals surface area contributed by atoms with E-state index in [-0.39, 0.29) is 18.6 Å². The molecule has 0 saturated carbocycles. The fraction of sp³-hybridized carbons (Fsp3) is 0.538. The zero-order valence-electron chi connectivity index (χ0n) is 11.3. The average Bonchev–Trinajstić information content (AvgIpc) is 2.87. The Balaban J connectivity index is 2.15. The first-order valence-corrected chi connectivity index (χ1v) is 6.34. The molecular weight excluding hydrogens is 248 g/mol. The van der Waals surface area contributed by atoms with E-state index in [1.807, 2.05) is 19.1 Å². The number of rotatable bonds is 7. The zero-order chi connectivity index (χ0) is 14.1. The Kier molecular flexibility index (Phi) is 6.49. The number of hydrogen-bond acceptors (Lipinski definition) is 4. The summed E-state index contributed by atoms with van der Waals surface area (Å²) in [7, 11) is 0. The van der Waals surface area contributed by atoms with Crippen LogP contribution in [0.4, 0.5) is 4.79 Å². The summed E-state index contributed by atoms with van der Waals surface area (Å²) in [6, 6.07) is 3.35. The third-order valence-corrected chi connectivity index (χ3v) is 2.48. The van der Waals surface area contributed by atoms with E-state index in [1.54, 1.807) is 13.2 Å². The van der Waals surface area contributed by atoms with Crippen LogP contribution in [0.15, 0.2) is 22.8 Å². The molecule has 19 heavy (non-hydrogen) atoms. The molecule has 0 aliphatic carbocycles. The van der Waals surface area contributed by atoms with Crippen molar-refractivity contribution in [2.24, 2.45) is 0 Å². The lowest BCUT2D eigenvalue weighted by atomic mass is 10.1. The van der Waals surface area contributed by atoms with Gasteiger partial charge in [0, 0.05) is 12.5 Å². The lowest BCUT2D eigenvalue weighted by Gasteiger charge is -2.13. The molecule has 106 valence electrons. The number of urea groups is 1. The van der Waals surface area contributed by atoms with Gasteiger partial charge in [-0.15, -0.1) is 0 Å². The molecule has 1 heterocycles. The van der Waals surface area contributed by atoms with Gasteiger partial charge >= 0.3 is 12.0 Å². The van der Waals surface area contributed by atoms with Gasteiger partial charge in [0.05, 0.1) is 12.9 Å². The van der Waals surface area contributed by atoms with Crippen LogP contribution in [0.25, 0.3) is 0 Å². The van der Waals surface area contributed by atoms with Crippen molar-refractivity contribution in [3.05, 3.63) is 24.2 Å². The van der Waals surface area contributed by atoms with Crippen LogP contribution in [0.3, 0.4) is 0 Å². The molecule has 2 amide bonds. The lowest BCUT2D eigenvalue weighted by Crippen LogP contribution is -2.43. The summed E-state index contributed by atoms with van der Waals surface area (Å²) in [4.78, 5) is 22.5. The minimum Gasteiger partial charge on any atom is -0.469 e. The molecule has 1 atom stereocenters. The van der Waals surface area contributed by atoms with E-state index >= 15 is 0 Å². The molecular formula is C13H20N2O4. The van der Waals surface area contributed by atoms with Crippen molar-refractivity contribution in [3.8, 4) is 0 Å². The van der Waals surface area contributed by atoms with Gasteiger partial charge in [0.15, 0.2) is 0 Å². The summed E-state index contributed by atoms with van der Waals surface area (Å²) in [6.45, 7) is 3.80. The number of carbonyl (C=O) groups excluding carboxylic acids is 2. The second-order valence-electron chi connectivity index (χ2n) is 4.15. The second kappa shape index (κ2) is 8.18. The summed E-state index contributed by atoms with van der Waals surface area (Å²) in [5.41, 5.74) is 0. The SMILES string of the molecule is CCOC(=O)CNC(=O)NC(C)CCc1ccco1. The van der Waals surface area contributed by atoms with Gasteiger partial charge in [0.2, 0.25) is 0 Å². The van der Waals surface area contributed by atoms with Gasteiger partial charge in [0.1, 0.15) is 12.3 Å². The highest BCUT2D eigenvalue weighted by atomic mass is 16.5. The monoisotopic (exact) mass is 268 g/mol. The largest absolute Gasteiger partial charge is 0.469 e. The summed E-state index contributed by atoms with van der Waals surface area (Å²) in [5.74, 6) is 0.446. The van der Waals surface area contributed by atoms with Crippen LogP contribution >= 0.6 is 0 Å². The quantitative estimate of drug-likeness (QED) is 0.734. The molecule has 0 aromatic carbocycles. The highest BCUT2D eigenvalue weighted by Crippen LogP contribution is 2.05. The maximum atomic E-state index is 11.5. The lowest BCUT2D eigenvalue weighted by molar-refractivity contribution is -0.141. The summed E-state index contributed by atoms with van der Waals surface area (Å²) < 4.78 is 9.91. The van der Waals surface area contributed by atoms with Crippen LogP contribution in [0.5, 0.6) is 0 Å². The molecule has 1 aromatic heterocycles. The Morgan fingerprint density at radius 2 is 2.26 bits per heavy atom. The number of nitrogens with one attached hydrogen (secondary N) is 2. The number of furan rings is 1. The van der Waals surface area contributed by atoms with Crippen molar-refractivity contribution in [2.75, 3.05) is 13.2 Å². The molecule has 0 aliphatic heterocycles. The minimum atomic E-state index is -0.444. The van der Waals surface area contributed by atoms with Crippen molar-refractivity contribution in [1.82, 2.24) is 10.6 Å². The Morgan fingerprint density at radius 3 is 2.89 bits per heavy atom. The number of hydrogen-bond donors (Lipinski definition) is 2. The number of esters is 1. The van der Waals surface area contributed by atoms with Crippen LogP contribution in [0.1, 0.15) is 26.0 Å². The predicted octanol–water partition coefficient (Wildman–Crippen LogP) is 1.46. The van der Waals surface area contributed by atoms with Gasteiger partial charge in [-0.3, -0.25) is 4.79 Å². The first-order chi connectivity index (χ1) is 9.11. The standard InChI is InChI=1S/C13H20N2O4/c1-3-18-12(16)9-14-13(17)15-10(2)6-7-11-5-4-8-19-11/h4-5,8,10H,3,6-7,9H2,1-2H3,(H2,14,15,17). The van der Waals surface area contributed by atoms with E-state index in [9.17, 15) is 9.59 Å². The van der Waals surface area contributed by atoms with Crippen LogP contribution in [0.2, 0.25) is 0 Å². The van der Waals surface area contributed by atoms with Crippen molar-refractivity contribution >= 4 is 12.0 Å². The van der Waals surface area contributed by atoms with Crippen molar-refractivity contribution in [2.45, 2.75) is 32.7 Å². The Hall–Kier alpha value is -1.98. The fourth-order valence-electron chi connectivity index (χ4n) is 1.53. The normalized spacial score (nSPS) is 11.7. The molecule has 6 heteroatoms. The molecule has 1 aromatic rings. The Morgan fingerprint density at radius 1 is 1.47 bits per heavy atom. The van der Waals surface area contributed by atoms with Crippen LogP contribution in [-0.4, -0.2) is 31.2 Å². The van der Waals surface area contributed by atoms with E-state index < -0.39 is 5.97 Å². The number of aryl methyl sites for hydroxylation is 1. The van der Waals surface area contributed by atoms with Crippen LogP contribution < -0.4 is 10.6 Å². The van der Waals surface area contributed by atoms with E-state index in [0.29, 0.717) is 6.61 Å². The van der Waals surface area contributed by atoms with Gasteiger partial charge in [-0.25, -0.2) is 4.79 Å². The molecule has 0 aliphatic rings. The highest BCUT2D eigenvalue weighted by Gasteiger charge is 2.09. The summed E-state index contributed by atoms with van der Waals surface area (Å²) >= 11 is 0. The Bertz CT molecular complexity index is 389. The summed E-state index contributed by atoms with van der Waals surface area (Å²) in [6.07, 6.45) is 3.14. The number of amides is 2. The third-order valence-electron chi connectivity index (χ3n) is 2.48. The molecule has 1 rings (SSSR count). The molecule has 0 spiro atoms. The van der Waals surface area contributed by atoms with E-state index in [0.717, 1.165) is 18.6 Å². The minimum absolute atomic E-state index is 0.00713. The average molecular weight is 268 g/mol. The van der Waals surface area contributed by atoms with Crippen molar-refractivity contribution in [3.63, 3.8) is 0 Å². The Labute approximate surface area is 112 Å². The van der Waals surface area contributed by atoms with E-state index in [1.165, 1.54) is 0 Å². The summed E-state index contributed by atoms with van der Waals surface area (Å²) in [5, 5.41) is 5.18. The van der Waals surface area contributed by atoms with Gasteiger partial charge < -0.3 is 19.8 Å². The van der Waals surface area contributed by atoms with E-state index in [4.69, 9.17) is 9.15 Å². The van der Waals surface area contributed by atoms with Crippen LogP contribution in [0, 0.1) is 0 Å². The number of ether oxygens (including phenoxy) is 1.